The predicted molar refractivity (Wildman–Crippen MR) is 67.1 cm³/mol. The lowest BCUT2D eigenvalue weighted by molar-refractivity contribution is 0.158. The Morgan fingerprint density at radius 1 is 1.29 bits per heavy atom. The lowest BCUT2D eigenvalue weighted by Gasteiger charge is -2.17. The zero-order valence-electron chi connectivity index (χ0n) is 10.3. The van der Waals surface area contributed by atoms with E-state index in [1.807, 2.05) is 13.8 Å². The second kappa shape index (κ2) is 6.47. The van der Waals surface area contributed by atoms with Gasteiger partial charge >= 0.3 is 0 Å². The van der Waals surface area contributed by atoms with Crippen LogP contribution in [0, 0.1) is 0 Å². The molecular weight excluding hydrogens is 218 g/mol. The molecule has 0 fully saturated rings. The summed E-state index contributed by atoms with van der Waals surface area (Å²) in [6.07, 6.45) is 1.14. The molecule has 4 N–H and O–H groups in total. The number of hydrogen-bond acceptors (Lipinski definition) is 4. The Morgan fingerprint density at radius 3 is 2.65 bits per heavy atom. The molecule has 0 heterocycles. The lowest BCUT2D eigenvalue weighted by Crippen LogP contribution is -2.23. The minimum Gasteiger partial charge on any atom is -0.508 e. The Hall–Kier alpha value is -1.26. The van der Waals surface area contributed by atoms with Crippen molar-refractivity contribution in [1.29, 1.82) is 0 Å². The molecule has 1 aromatic rings. The van der Waals surface area contributed by atoms with Gasteiger partial charge in [0.2, 0.25) is 0 Å². The van der Waals surface area contributed by atoms with Gasteiger partial charge in [-0.25, -0.2) is 0 Å². The van der Waals surface area contributed by atoms with Crippen molar-refractivity contribution < 1.29 is 15.3 Å². The quantitative estimate of drug-likeness (QED) is 0.572. The molecule has 0 radical (unpaired) electrons. The van der Waals surface area contributed by atoms with Gasteiger partial charge in [-0.2, -0.15) is 0 Å². The molecule has 0 amide bonds. The summed E-state index contributed by atoms with van der Waals surface area (Å²) >= 11 is 0. The maximum atomic E-state index is 9.66. The first-order valence-corrected chi connectivity index (χ1v) is 5.98. The molecule has 17 heavy (non-hydrogen) atoms. The van der Waals surface area contributed by atoms with E-state index in [2.05, 4.69) is 5.32 Å². The summed E-state index contributed by atoms with van der Waals surface area (Å²) in [4.78, 5) is 0. The van der Waals surface area contributed by atoms with Crippen LogP contribution in [0.25, 0.3) is 0 Å². The highest BCUT2D eigenvalue weighted by atomic mass is 16.3. The van der Waals surface area contributed by atoms with Crippen LogP contribution in [0.1, 0.15) is 38.3 Å². The van der Waals surface area contributed by atoms with Gasteiger partial charge in [0, 0.05) is 11.6 Å². The number of phenolic OH excluding ortho intramolecular Hbond substituents is 2. The van der Waals surface area contributed by atoms with Crippen LogP contribution in [0.3, 0.4) is 0 Å². The van der Waals surface area contributed by atoms with Crippen molar-refractivity contribution in [1.82, 2.24) is 5.32 Å². The number of rotatable bonds is 6. The van der Waals surface area contributed by atoms with E-state index < -0.39 is 0 Å². The van der Waals surface area contributed by atoms with Gasteiger partial charge in [0.25, 0.3) is 0 Å². The standard InChI is InChI=1S/C13H21NO3/c1-3-10(15)6-7-14-9(2)12-8-11(16)4-5-13(12)17/h4-5,8-10,14-17H,3,6-7H2,1-2H3. The summed E-state index contributed by atoms with van der Waals surface area (Å²) in [5.74, 6) is 0.305. The van der Waals surface area contributed by atoms with Crippen molar-refractivity contribution in [2.45, 2.75) is 38.8 Å². The first kappa shape index (κ1) is 13.8. The fraction of sp³-hybridized carbons (Fsp3) is 0.538. The number of aromatic hydroxyl groups is 2. The van der Waals surface area contributed by atoms with Crippen molar-refractivity contribution in [3.8, 4) is 11.5 Å². The molecule has 1 aromatic carbocycles. The van der Waals surface area contributed by atoms with E-state index in [-0.39, 0.29) is 23.6 Å². The Bertz CT molecular complexity index is 355. The third kappa shape index (κ3) is 4.24. The van der Waals surface area contributed by atoms with E-state index in [1.165, 1.54) is 12.1 Å². The minimum atomic E-state index is -0.285. The summed E-state index contributed by atoms with van der Waals surface area (Å²) in [6, 6.07) is 4.41. The van der Waals surface area contributed by atoms with Gasteiger partial charge in [0.05, 0.1) is 6.10 Å². The molecule has 0 spiro atoms. The monoisotopic (exact) mass is 239 g/mol. The first-order chi connectivity index (χ1) is 8.04. The van der Waals surface area contributed by atoms with Crippen LogP contribution in [-0.2, 0) is 0 Å². The van der Waals surface area contributed by atoms with Gasteiger partial charge in [-0.05, 0) is 44.5 Å². The summed E-state index contributed by atoms with van der Waals surface area (Å²) in [6.45, 7) is 4.52. The van der Waals surface area contributed by atoms with Crippen molar-refractivity contribution >= 4 is 0 Å². The van der Waals surface area contributed by atoms with Crippen LogP contribution in [0.2, 0.25) is 0 Å². The number of nitrogens with one attached hydrogen (secondary N) is 1. The third-order valence-corrected chi connectivity index (χ3v) is 2.88. The van der Waals surface area contributed by atoms with Crippen LogP contribution >= 0.6 is 0 Å². The second-order valence-electron chi connectivity index (χ2n) is 4.27. The number of phenols is 2. The number of benzene rings is 1. The molecule has 96 valence electrons. The smallest absolute Gasteiger partial charge is 0.120 e. The van der Waals surface area contributed by atoms with Crippen molar-refractivity contribution in [2.75, 3.05) is 6.54 Å². The van der Waals surface area contributed by atoms with Gasteiger partial charge in [-0.15, -0.1) is 0 Å². The summed E-state index contributed by atoms with van der Waals surface area (Å²) in [5, 5.41) is 31.6. The molecular formula is C13H21NO3. The SMILES string of the molecule is CCC(O)CCNC(C)c1cc(O)ccc1O. The van der Waals surface area contributed by atoms with E-state index in [1.54, 1.807) is 6.07 Å². The van der Waals surface area contributed by atoms with Gasteiger partial charge in [-0.3, -0.25) is 0 Å². The molecule has 0 aliphatic heterocycles. The van der Waals surface area contributed by atoms with Gasteiger partial charge in [-0.1, -0.05) is 6.92 Å². The zero-order chi connectivity index (χ0) is 12.8. The van der Waals surface area contributed by atoms with E-state index in [4.69, 9.17) is 0 Å². The van der Waals surface area contributed by atoms with Gasteiger partial charge < -0.3 is 20.6 Å². The Labute approximate surface area is 102 Å². The van der Waals surface area contributed by atoms with Crippen molar-refractivity contribution in [2.24, 2.45) is 0 Å². The Morgan fingerprint density at radius 2 is 2.00 bits per heavy atom. The van der Waals surface area contributed by atoms with Crippen LogP contribution < -0.4 is 5.32 Å². The lowest BCUT2D eigenvalue weighted by atomic mass is 10.1. The second-order valence-corrected chi connectivity index (χ2v) is 4.27. The minimum absolute atomic E-state index is 0.0637. The molecule has 2 unspecified atom stereocenters. The molecule has 1 rings (SSSR count). The third-order valence-electron chi connectivity index (χ3n) is 2.88. The van der Waals surface area contributed by atoms with E-state index in [0.29, 0.717) is 18.5 Å². The molecule has 4 heteroatoms. The normalized spacial score (nSPS) is 14.5. The number of aliphatic hydroxyl groups is 1. The molecule has 0 aliphatic rings. The van der Waals surface area contributed by atoms with Crippen molar-refractivity contribution in [3.05, 3.63) is 23.8 Å². The average Bonchev–Trinajstić information content (AvgIpc) is 2.31. The van der Waals surface area contributed by atoms with Gasteiger partial charge in [0.1, 0.15) is 11.5 Å². The first-order valence-electron chi connectivity index (χ1n) is 5.98. The maximum Gasteiger partial charge on any atom is 0.120 e. The predicted octanol–water partition coefficient (Wildman–Crippen LogP) is 1.91. The van der Waals surface area contributed by atoms with E-state index in [9.17, 15) is 15.3 Å². The molecule has 0 bridgehead atoms. The number of aliphatic hydroxyl groups excluding tert-OH is 1. The van der Waals surface area contributed by atoms with E-state index >= 15 is 0 Å². The summed E-state index contributed by atoms with van der Waals surface area (Å²) in [7, 11) is 0. The van der Waals surface area contributed by atoms with Crippen LogP contribution in [0.4, 0.5) is 0 Å². The topological polar surface area (TPSA) is 72.7 Å². The molecule has 0 aromatic heterocycles. The zero-order valence-corrected chi connectivity index (χ0v) is 10.3. The largest absolute Gasteiger partial charge is 0.508 e. The maximum absolute atomic E-state index is 9.66. The van der Waals surface area contributed by atoms with Crippen molar-refractivity contribution in [3.63, 3.8) is 0 Å². The molecule has 4 nitrogen and oxygen atoms in total. The summed E-state index contributed by atoms with van der Waals surface area (Å²) < 4.78 is 0. The van der Waals surface area contributed by atoms with E-state index in [0.717, 1.165) is 6.42 Å². The molecule has 0 saturated heterocycles. The fourth-order valence-corrected chi connectivity index (χ4v) is 1.67. The highest BCUT2D eigenvalue weighted by molar-refractivity contribution is 5.40. The van der Waals surface area contributed by atoms with Crippen LogP contribution in [0.5, 0.6) is 11.5 Å². The Balaban J connectivity index is 2.52. The highest BCUT2D eigenvalue weighted by Gasteiger charge is 2.11. The fourth-order valence-electron chi connectivity index (χ4n) is 1.67. The van der Waals surface area contributed by atoms with Gasteiger partial charge in [0.15, 0.2) is 0 Å². The molecule has 0 saturated carbocycles. The molecule has 2 atom stereocenters. The van der Waals surface area contributed by atoms with Crippen LogP contribution in [-0.4, -0.2) is 28.0 Å². The average molecular weight is 239 g/mol. The molecule has 0 aliphatic carbocycles. The number of hydrogen-bond donors (Lipinski definition) is 4. The summed E-state index contributed by atoms with van der Waals surface area (Å²) in [5.41, 5.74) is 0.663. The highest BCUT2D eigenvalue weighted by Crippen LogP contribution is 2.27. The van der Waals surface area contributed by atoms with Crippen LogP contribution in [0.15, 0.2) is 18.2 Å². The Kier molecular flexibility index (Phi) is 5.25.